The third-order valence-corrected chi connectivity index (χ3v) is 2.38. The van der Waals surface area contributed by atoms with Crippen LogP contribution in [0.15, 0.2) is 0 Å². The van der Waals surface area contributed by atoms with Crippen molar-refractivity contribution >= 4 is 17.9 Å². The molecule has 0 bridgehead atoms. The van der Waals surface area contributed by atoms with Gasteiger partial charge in [0.15, 0.2) is 0 Å². The Hall–Kier alpha value is -1.59. The Morgan fingerprint density at radius 1 is 1.17 bits per heavy atom. The Balaban J connectivity index is 4.77. The molecule has 0 fully saturated rings. The summed E-state index contributed by atoms with van der Waals surface area (Å²) in [6, 6.07) is 0. The van der Waals surface area contributed by atoms with Gasteiger partial charge in [-0.2, -0.15) is 0 Å². The number of methoxy groups -OCH3 is 1. The lowest BCUT2D eigenvalue weighted by molar-refractivity contribution is -0.163. The molecule has 0 N–H and O–H groups in total. The standard InChI is InChI=1S/C12H20O6/c1-5-9(12(15)16-4)10(18-8(3)13)7-11(14)17-6-2/h9-10H,5-7H2,1-4H3/t9-,10-/m0/s1. The molecule has 0 saturated carbocycles. The molecule has 0 spiro atoms. The third kappa shape index (κ3) is 5.65. The molecule has 0 aliphatic rings. The van der Waals surface area contributed by atoms with Gasteiger partial charge in [-0.1, -0.05) is 6.92 Å². The molecule has 0 radical (unpaired) electrons. The van der Waals surface area contributed by atoms with E-state index in [0.717, 1.165) is 0 Å². The Labute approximate surface area is 107 Å². The van der Waals surface area contributed by atoms with E-state index in [1.165, 1.54) is 14.0 Å². The van der Waals surface area contributed by atoms with E-state index in [-0.39, 0.29) is 13.0 Å². The minimum Gasteiger partial charge on any atom is -0.469 e. The van der Waals surface area contributed by atoms with Gasteiger partial charge < -0.3 is 14.2 Å². The van der Waals surface area contributed by atoms with E-state index in [0.29, 0.717) is 6.42 Å². The summed E-state index contributed by atoms with van der Waals surface area (Å²) < 4.78 is 14.4. The van der Waals surface area contributed by atoms with Crippen LogP contribution >= 0.6 is 0 Å². The Morgan fingerprint density at radius 2 is 1.78 bits per heavy atom. The summed E-state index contributed by atoms with van der Waals surface area (Å²) in [4.78, 5) is 33.9. The van der Waals surface area contributed by atoms with E-state index in [1.54, 1.807) is 13.8 Å². The normalized spacial score (nSPS) is 13.3. The lowest BCUT2D eigenvalue weighted by Gasteiger charge is -2.23. The number of esters is 3. The summed E-state index contributed by atoms with van der Waals surface area (Å²) in [5.74, 6) is -2.23. The van der Waals surface area contributed by atoms with Crippen molar-refractivity contribution in [2.24, 2.45) is 5.92 Å². The highest BCUT2D eigenvalue weighted by Gasteiger charge is 2.32. The van der Waals surface area contributed by atoms with Gasteiger partial charge in [0.2, 0.25) is 0 Å². The topological polar surface area (TPSA) is 78.9 Å². The molecule has 0 aromatic heterocycles. The zero-order valence-corrected chi connectivity index (χ0v) is 11.2. The first kappa shape index (κ1) is 16.4. The molecule has 0 saturated heterocycles. The summed E-state index contributed by atoms with van der Waals surface area (Å²) >= 11 is 0. The van der Waals surface area contributed by atoms with Gasteiger partial charge in [0.05, 0.1) is 26.1 Å². The van der Waals surface area contributed by atoms with Crippen LogP contribution in [0.3, 0.4) is 0 Å². The summed E-state index contributed by atoms with van der Waals surface area (Å²) in [6.45, 7) is 4.89. The fourth-order valence-corrected chi connectivity index (χ4v) is 1.60. The molecule has 0 aliphatic carbocycles. The van der Waals surface area contributed by atoms with E-state index in [9.17, 15) is 14.4 Å². The van der Waals surface area contributed by atoms with E-state index in [2.05, 4.69) is 4.74 Å². The van der Waals surface area contributed by atoms with Crippen molar-refractivity contribution in [2.75, 3.05) is 13.7 Å². The molecule has 18 heavy (non-hydrogen) atoms. The molecule has 0 rings (SSSR count). The van der Waals surface area contributed by atoms with Gasteiger partial charge in [-0.15, -0.1) is 0 Å². The van der Waals surface area contributed by atoms with Gasteiger partial charge in [-0.3, -0.25) is 14.4 Å². The fourth-order valence-electron chi connectivity index (χ4n) is 1.60. The molecule has 2 atom stereocenters. The summed E-state index contributed by atoms with van der Waals surface area (Å²) in [7, 11) is 1.25. The highest BCUT2D eigenvalue weighted by molar-refractivity contribution is 5.77. The van der Waals surface area contributed by atoms with Crippen LogP contribution in [0.25, 0.3) is 0 Å². The molecule has 0 heterocycles. The second-order valence-electron chi connectivity index (χ2n) is 3.69. The van der Waals surface area contributed by atoms with Crippen LogP contribution in [-0.2, 0) is 28.6 Å². The van der Waals surface area contributed by atoms with Gasteiger partial charge in [-0.25, -0.2) is 0 Å². The van der Waals surface area contributed by atoms with Crippen LogP contribution in [0.5, 0.6) is 0 Å². The van der Waals surface area contributed by atoms with Crippen LogP contribution < -0.4 is 0 Å². The molecule has 6 heteroatoms. The average molecular weight is 260 g/mol. The van der Waals surface area contributed by atoms with Crippen molar-refractivity contribution in [3.63, 3.8) is 0 Å². The molecule has 0 unspecified atom stereocenters. The largest absolute Gasteiger partial charge is 0.469 e. The maximum absolute atomic E-state index is 11.5. The molecular formula is C12H20O6. The second kappa shape index (κ2) is 8.49. The van der Waals surface area contributed by atoms with Crippen molar-refractivity contribution in [2.45, 2.75) is 39.7 Å². The quantitative estimate of drug-likeness (QED) is 0.503. The molecule has 0 aliphatic heterocycles. The average Bonchev–Trinajstić information content (AvgIpc) is 2.28. The fraction of sp³-hybridized carbons (Fsp3) is 0.750. The maximum Gasteiger partial charge on any atom is 0.312 e. The van der Waals surface area contributed by atoms with Crippen LogP contribution in [0.4, 0.5) is 0 Å². The van der Waals surface area contributed by atoms with Crippen LogP contribution in [0, 0.1) is 5.92 Å². The molecule has 0 aromatic carbocycles. The smallest absolute Gasteiger partial charge is 0.312 e. The Kier molecular flexibility index (Phi) is 7.74. The third-order valence-electron chi connectivity index (χ3n) is 2.38. The molecular weight excluding hydrogens is 240 g/mol. The predicted molar refractivity (Wildman–Crippen MR) is 62.6 cm³/mol. The zero-order chi connectivity index (χ0) is 14.1. The van der Waals surface area contributed by atoms with Gasteiger partial charge in [0.25, 0.3) is 0 Å². The monoisotopic (exact) mass is 260 g/mol. The van der Waals surface area contributed by atoms with Gasteiger partial charge in [-0.05, 0) is 13.3 Å². The summed E-state index contributed by atoms with van der Waals surface area (Å²) in [5.41, 5.74) is 0. The van der Waals surface area contributed by atoms with Crippen molar-refractivity contribution < 1.29 is 28.6 Å². The zero-order valence-electron chi connectivity index (χ0n) is 11.2. The van der Waals surface area contributed by atoms with E-state index in [1.807, 2.05) is 0 Å². The predicted octanol–water partition coefficient (Wildman–Crippen LogP) is 1.07. The van der Waals surface area contributed by atoms with Crippen LogP contribution in [0.1, 0.15) is 33.6 Å². The minimum absolute atomic E-state index is 0.152. The number of hydrogen-bond donors (Lipinski definition) is 0. The first-order chi connectivity index (χ1) is 8.46. The number of carbonyl (C=O) groups excluding carboxylic acids is 3. The van der Waals surface area contributed by atoms with Gasteiger partial charge in [0.1, 0.15) is 6.10 Å². The minimum atomic E-state index is -0.848. The van der Waals surface area contributed by atoms with Gasteiger partial charge >= 0.3 is 17.9 Å². The summed E-state index contributed by atoms with van der Waals surface area (Å²) in [6.07, 6.45) is -0.593. The van der Waals surface area contributed by atoms with E-state index < -0.39 is 29.9 Å². The molecule has 0 amide bonds. The highest BCUT2D eigenvalue weighted by Crippen LogP contribution is 2.18. The molecule has 104 valence electrons. The summed E-state index contributed by atoms with van der Waals surface area (Å²) in [5, 5.41) is 0. The number of hydrogen-bond acceptors (Lipinski definition) is 6. The van der Waals surface area contributed by atoms with Crippen molar-refractivity contribution in [1.29, 1.82) is 0 Å². The van der Waals surface area contributed by atoms with Crippen LogP contribution in [0.2, 0.25) is 0 Å². The SMILES string of the molecule is CCOC(=O)C[C@H](OC(C)=O)[C@H](CC)C(=O)OC. The first-order valence-electron chi connectivity index (χ1n) is 5.86. The number of carbonyl (C=O) groups is 3. The molecule has 6 nitrogen and oxygen atoms in total. The number of ether oxygens (including phenoxy) is 3. The Morgan fingerprint density at radius 3 is 2.17 bits per heavy atom. The lowest BCUT2D eigenvalue weighted by atomic mass is 9.97. The van der Waals surface area contributed by atoms with Gasteiger partial charge in [0, 0.05) is 6.92 Å². The van der Waals surface area contributed by atoms with Crippen LogP contribution in [-0.4, -0.2) is 37.7 Å². The number of rotatable bonds is 7. The van der Waals surface area contributed by atoms with Crippen molar-refractivity contribution in [3.8, 4) is 0 Å². The lowest BCUT2D eigenvalue weighted by Crippen LogP contribution is -2.34. The van der Waals surface area contributed by atoms with Crippen molar-refractivity contribution in [1.82, 2.24) is 0 Å². The maximum atomic E-state index is 11.5. The van der Waals surface area contributed by atoms with E-state index >= 15 is 0 Å². The Bertz CT molecular complexity index is 299. The van der Waals surface area contributed by atoms with Crippen molar-refractivity contribution in [3.05, 3.63) is 0 Å². The highest BCUT2D eigenvalue weighted by atomic mass is 16.6. The first-order valence-corrected chi connectivity index (χ1v) is 5.86. The second-order valence-corrected chi connectivity index (χ2v) is 3.69. The van der Waals surface area contributed by atoms with E-state index in [4.69, 9.17) is 9.47 Å². The molecule has 0 aromatic rings.